The number of hydrogen-bond donors (Lipinski definition) is 0. The average Bonchev–Trinajstić information content (AvgIpc) is 2.76. The molecule has 0 fully saturated rings. The van der Waals surface area contributed by atoms with Crippen LogP contribution in [-0.2, 0) is 10.8 Å². The monoisotopic (exact) mass is 410 g/mol. The van der Waals surface area contributed by atoms with Crippen LogP contribution >= 0.6 is 0 Å². The molecule has 4 rings (SSSR count). The van der Waals surface area contributed by atoms with Gasteiger partial charge in [-0.2, -0.15) is 0 Å². The molecule has 0 aliphatic rings. The Kier molecular flexibility index (Phi) is 6.25. The summed E-state index contributed by atoms with van der Waals surface area (Å²) in [6.45, 7) is 4.17. The van der Waals surface area contributed by atoms with E-state index in [9.17, 15) is 4.21 Å². The lowest BCUT2D eigenvalue weighted by Crippen LogP contribution is -2.17. The van der Waals surface area contributed by atoms with Crippen LogP contribution in [0.3, 0.4) is 0 Å². The molecule has 0 heterocycles. The SMILES string of the molecule is Cc1cccc(C(c2ccccc2)S(=O)C(c2ccccc2)c2cccc(C)c2)c1. The van der Waals surface area contributed by atoms with E-state index in [0.29, 0.717) is 0 Å². The summed E-state index contributed by atoms with van der Waals surface area (Å²) in [5.41, 5.74) is 6.70. The molecule has 2 heteroatoms. The van der Waals surface area contributed by atoms with Crippen molar-refractivity contribution in [2.24, 2.45) is 0 Å². The third-order valence-electron chi connectivity index (χ3n) is 5.36. The van der Waals surface area contributed by atoms with E-state index in [4.69, 9.17) is 0 Å². The lowest BCUT2D eigenvalue weighted by molar-refractivity contribution is 0.673. The van der Waals surface area contributed by atoms with Crippen molar-refractivity contribution in [2.45, 2.75) is 24.3 Å². The van der Waals surface area contributed by atoms with Gasteiger partial charge in [0.15, 0.2) is 0 Å². The number of aryl methyl sites for hydroxylation is 2. The maximum absolute atomic E-state index is 14.4. The van der Waals surface area contributed by atoms with Gasteiger partial charge in [-0.3, -0.25) is 4.21 Å². The first-order valence-corrected chi connectivity index (χ1v) is 11.5. The van der Waals surface area contributed by atoms with E-state index in [1.165, 1.54) is 11.1 Å². The molecular formula is C28H26OS. The van der Waals surface area contributed by atoms with Crippen LogP contribution in [-0.4, -0.2) is 4.21 Å². The number of hydrogen-bond acceptors (Lipinski definition) is 1. The van der Waals surface area contributed by atoms with E-state index in [-0.39, 0.29) is 10.5 Å². The van der Waals surface area contributed by atoms with E-state index in [0.717, 1.165) is 22.3 Å². The predicted octanol–water partition coefficient (Wildman–Crippen LogP) is 6.93. The van der Waals surface area contributed by atoms with Crippen LogP contribution in [0.25, 0.3) is 0 Å². The van der Waals surface area contributed by atoms with Crippen LogP contribution in [0.1, 0.15) is 43.9 Å². The summed E-state index contributed by atoms with van der Waals surface area (Å²) >= 11 is 0. The zero-order valence-electron chi connectivity index (χ0n) is 17.4. The van der Waals surface area contributed by atoms with Gasteiger partial charge in [0.05, 0.1) is 10.5 Å². The second-order valence-electron chi connectivity index (χ2n) is 7.74. The zero-order valence-corrected chi connectivity index (χ0v) is 18.2. The first-order chi connectivity index (χ1) is 14.6. The lowest BCUT2D eigenvalue weighted by Gasteiger charge is -2.26. The molecule has 4 aromatic rings. The molecule has 0 aliphatic heterocycles. The highest BCUT2D eigenvalue weighted by atomic mass is 32.2. The van der Waals surface area contributed by atoms with E-state index in [2.05, 4.69) is 86.6 Å². The summed E-state index contributed by atoms with van der Waals surface area (Å²) in [5.74, 6) is 0. The van der Waals surface area contributed by atoms with Crippen LogP contribution < -0.4 is 0 Å². The fraction of sp³-hybridized carbons (Fsp3) is 0.143. The maximum atomic E-state index is 14.4. The summed E-state index contributed by atoms with van der Waals surface area (Å²) < 4.78 is 14.4. The third-order valence-corrected chi connectivity index (χ3v) is 7.38. The molecule has 0 saturated carbocycles. The molecule has 0 aromatic heterocycles. The second-order valence-corrected chi connectivity index (χ2v) is 9.34. The Labute approximate surface area is 181 Å². The van der Waals surface area contributed by atoms with Gasteiger partial charge in [-0.1, -0.05) is 120 Å². The molecule has 0 N–H and O–H groups in total. The van der Waals surface area contributed by atoms with Crippen molar-refractivity contribution in [3.05, 3.63) is 143 Å². The Morgan fingerprint density at radius 3 is 1.23 bits per heavy atom. The highest BCUT2D eigenvalue weighted by Gasteiger charge is 2.30. The summed E-state index contributed by atoms with van der Waals surface area (Å²) in [6, 6.07) is 37.3. The summed E-state index contributed by atoms with van der Waals surface area (Å²) in [6.07, 6.45) is 0. The molecule has 0 radical (unpaired) electrons. The minimum atomic E-state index is -1.22. The minimum absolute atomic E-state index is 0.211. The summed E-state index contributed by atoms with van der Waals surface area (Å²) in [5, 5.41) is -0.423. The summed E-state index contributed by atoms with van der Waals surface area (Å²) in [7, 11) is -1.22. The van der Waals surface area contributed by atoms with Crippen LogP contribution in [0.15, 0.2) is 109 Å². The minimum Gasteiger partial charge on any atom is -0.258 e. The van der Waals surface area contributed by atoms with E-state index in [1.54, 1.807) is 0 Å². The molecule has 0 bridgehead atoms. The van der Waals surface area contributed by atoms with Gasteiger partial charge in [-0.25, -0.2) is 0 Å². The molecule has 1 nitrogen and oxygen atoms in total. The maximum Gasteiger partial charge on any atom is 0.0856 e. The van der Waals surface area contributed by atoms with Crippen LogP contribution in [0.5, 0.6) is 0 Å². The first kappa shape index (κ1) is 20.3. The van der Waals surface area contributed by atoms with Crippen LogP contribution in [0.4, 0.5) is 0 Å². The van der Waals surface area contributed by atoms with E-state index < -0.39 is 10.8 Å². The Hall–Kier alpha value is -2.97. The fourth-order valence-electron chi connectivity index (χ4n) is 3.98. The van der Waals surface area contributed by atoms with Crippen molar-refractivity contribution in [3.63, 3.8) is 0 Å². The topological polar surface area (TPSA) is 17.1 Å². The molecule has 2 unspecified atom stereocenters. The first-order valence-electron chi connectivity index (χ1n) is 10.3. The molecule has 4 aromatic carbocycles. The standard InChI is InChI=1S/C28H26OS/c1-21-11-9-17-25(19-21)27(23-13-5-3-6-14-23)30(29)28(24-15-7-4-8-16-24)26-18-10-12-22(2)20-26/h3-20,27-28H,1-2H3. The van der Waals surface area contributed by atoms with Crippen molar-refractivity contribution in [3.8, 4) is 0 Å². The molecule has 0 amide bonds. The van der Waals surface area contributed by atoms with Gasteiger partial charge in [-0.15, -0.1) is 0 Å². The average molecular weight is 411 g/mol. The van der Waals surface area contributed by atoms with Gasteiger partial charge in [0, 0.05) is 10.8 Å². The fourth-order valence-corrected chi connectivity index (χ4v) is 5.93. The van der Waals surface area contributed by atoms with Gasteiger partial charge in [0.2, 0.25) is 0 Å². The van der Waals surface area contributed by atoms with Crippen molar-refractivity contribution >= 4 is 10.8 Å². The van der Waals surface area contributed by atoms with E-state index in [1.807, 2.05) is 36.4 Å². The Balaban J connectivity index is 1.88. The van der Waals surface area contributed by atoms with Gasteiger partial charge >= 0.3 is 0 Å². The van der Waals surface area contributed by atoms with E-state index >= 15 is 0 Å². The van der Waals surface area contributed by atoms with Crippen LogP contribution in [0.2, 0.25) is 0 Å². The molecule has 0 aliphatic carbocycles. The van der Waals surface area contributed by atoms with Crippen molar-refractivity contribution in [1.82, 2.24) is 0 Å². The normalized spacial score (nSPS) is 14.1. The van der Waals surface area contributed by atoms with Crippen molar-refractivity contribution in [1.29, 1.82) is 0 Å². The lowest BCUT2D eigenvalue weighted by atomic mass is 10.0. The smallest absolute Gasteiger partial charge is 0.0856 e. The highest BCUT2D eigenvalue weighted by molar-refractivity contribution is 7.86. The number of rotatable bonds is 6. The van der Waals surface area contributed by atoms with Crippen molar-refractivity contribution < 1.29 is 4.21 Å². The largest absolute Gasteiger partial charge is 0.258 e. The molecule has 0 saturated heterocycles. The summed E-state index contributed by atoms with van der Waals surface area (Å²) in [4.78, 5) is 0. The molecule has 0 spiro atoms. The molecule has 30 heavy (non-hydrogen) atoms. The second kappa shape index (κ2) is 9.23. The Morgan fingerprint density at radius 2 is 0.867 bits per heavy atom. The molecule has 150 valence electrons. The quantitative estimate of drug-likeness (QED) is 0.337. The van der Waals surface area contributed by atoms with Gasteiger partial charge in [0.25, 0.3) is 0 Å². The van der Waals surface area contributed by atoms with Gasteiger partial charge in [0.1, 0.15) is 0 Å². The van der Waals surface area contributed by atoms with Gasteiger partial charge in [-0.05, 0) is 36.1 Å². The van der Waals surface area contributed by atoms with Crippen molar-refractivity contribution in [2.75, 3.05) is 0 Å². The number of benzene rings is 4. The molecule has 2 atom stereocenters. The Morgan fingerprint density at radius 1 is 0.500 bits per heavy atom. The third kappa shape index (κ3) is 4.44. The highest BCUT2D eigenvalue weighted by Crippen LogP contribution is 2.39. The predicted molar refractivity (Wildman–Crippen MR) is 127 cm³/mol. The van der Waals surface area contributed by atoms with Gasteiger partial charge < -0.3 is 0 Å². The van der Waals surface area contributed by atoms with Crippen LogP contribution in [0, 0.1) is 13.8 Å². The molecular weight excluding hydrogens is 384 g/mol. The zero-order chi connectivity index (χ0) is 20.9. The Bertz CT molecular complexity index is 1040.